The number of ether oxygens (including phenoxy) is 1. The van der Waals surface area contributed by atoms with Crippen molar-refractivity contribution >= 4 is 17.9 Å². The SMILES string of the molecule is CC(OC(=O)c1c(F)cccc1F)C(=O)N1CCNC1=O. The smallest absolute Gasteiger partial charge is 0.344 e. The lowest BCUT2D eigenvalue weighted by Gasteiger charge is -2.18. The van der Waals surface area contributed by atoms with E-state index in [-0.39, 0.29) is 6.54 Å². The Hall–Kier alpha value is -2.51. The number of esters is 1. The van der Waals surface area contributed by atoms with E-state index < -0.39 is 41.2 Å². The molecule has 1 aromatic carbocycles. The standard InChI is InChI=1S/C13H12F2N2O4/c1-7(11(18)17-6-5-16-13(17)20)21-12(19)10-8(14)3-2-4-9(10)15/h2-4,7H,5-6H2,1H3,(H,16,20). The lowest BCUT2D eigenvalue weighted by molar-refractivity contribution is -0.136. The Morgan fingerprint density at radius 2 is 1.95 bits per heavy atom. The third kappa shape index (κ3) is 2.99. The van der Waals surface area contributed by atoms with Gasteiger partial charge >= 0.3 is 12.0 Å². The van der Waals surface area contributed by atoms with Crippen molar-refractivity contribution in [3.8, 4) is 0 Å². The van der Waals surface area contributed by atoms with Gasteiger partial charge in [0.05, 0.1) is 0 Å². The van der Waals surface area contributed by atoms with Crippen LogP contribution in [0.5, 0.6) is 0 Å². The number of urea groups is 1. The number of rotatable bonds is 3. The molecule has 0 saturated carbocycles. The summed E-state index contributed by atoms with van der Waals surface area (Å²) in [5.41, 5.74) is -0.872. The molecule has 0 aromatic heterocycles. The Morgan fingerprint density at radius 1 is 1.33 bits per heavy atom. The van der Waals surface area contributed by atoms with E-state index in [1.54, 1.807) is 0 Å². The molecule has 1 heterocycles. The fourth-order valence-electron chi connectivity index (χ4n) is 1.86. The average Bonchev–Trinajstić information content (AvgIpc) is 2.83. The van der Waals surface area contributed by atoms with Crippen LogP contribution in [0.15, 0.2) is 18.2 Å². The van der Waals surface area contributed by atoms with E-state index in [0.717, 1.165) is 23.1 Å². The number of nitrogens with one attached hydrogen (secondary N) is 1. The van der Waals surface area contributed by atoms with Crippen molar-refractivity contribution in [1.82, 2.24) is 10.2 Å². The largest absolute Gasteiger partial charge is 0.449 e. The van der Waals surface area contributed by atoms with Crippen molar-refractivity contribution in [2.45, 2.75) is 13.0 Å². The monoisotopic (exact) mass is 298 g/mol. The van der Waals surface area contributed by atoms with Crippen LogP contribution in [0.2, 0.25) is 0 Å². The topological polar surface area (TPSA) is 75.7 Å². The van der Waals surface area contributed by atoms with Crippen molar-refractivity contribution < 1.29 is 27.9 Å². The minimum Gasteiger partial charge on any atom is -0.449 e. The van der Waals surface area contributed by atoms with Crippen LogP contribution in [0.1, 0.15) is 17.3 Å². The van der Waals surface area contributed by atoms with Crippen molar-refractivity contribution in [2.75, 3.05) is 13.1 Å². The summed E-state index contributed by atoms with van der Waals surface area (Å²) < 4.78 is 31.6. The van der Waals surface area contributed by atoms with E-state index in [4.69, 9.17) is 4.74 Å². The number of amides is 3. The third-order valence-corrected chi connectivity index (χ3v) is 2.92. The molecule has 1 unspecified atom stereocenters. The lowest BCUT2D eigenvalue weighted by Crippen LogP contribution is -2.42. The molecule has 1 atom stereocenters. The van der Waals surface area contributed by atoms with Gasteiger partial charge in [0.15, 0.2) is 6.10 Å². The number of benzene rings is 1. The molecule has 3 amide bonds. The second-order valence-corrected chi connectivity index (χ2v) is 4.37. The first-order valence-electron chi connectivity index (χ1n) is 6.16. The third-order valence-electron chi connectivity index (χ3n) is 2.92. The van der Waals surface area contributed by atoms with E-state index in [2.05, 4.69) is 5.32 Å². The average molecular weight is 298 g/mol. The quantitative estimate of drug-likeness (QED) is 0.847. The highest BCUT2D eigenvalue weighted by Crippen LogP contribution is 2.15. The number of halogens is 2. The van der Waals surface area contributed by atoms with Gasteiger partial charge in [-0.15, -0.1) is 0 Å². The van der Waals surface area contributed by atoms with E-state index >= 15 is 0 Å². The van der Waals surface area contributed by atoms with Gasteiger partial charge in [0.25, 0.3) is 5.91 Å². The fraction of sp³-hybridized carbons (Fsp3) is 0.308. The van der Waals surface area contributed by atoms with Gasteiger partial charge in [-0.3, -0.25) is 9.69 Å². The Morgan fingerprint density at radius 3 is 2.48 bits per heavy atom. The van der Waals surface area contributed by atoms with Gasteiger partial charge < -0.3 is 10.1 Å². The molecular weight excluding hydrogens is 286 g/mol. The van der Waals surface area contributed by atoms with Crippen LogP contribution in [0, 0.1) is 11.6 Å². The molecule has 0 aliphatic carbocycles. The first-order valence-corrected chi connectivity index (χ1v) is 6.16. The van der Waals surface area contributed by atoms with Crippen LogP contribution < -0.4 is 5.32 Å². The number of nitrogens with zero attached hydrogens (tertiary/aromatic N) is 1. The Kier molecular flexibility index (Phi) is 4.15. The first-order chi connectivity index (χ1) is 9.91. The van der Waals surface area contributed by atoms with E-state index in [1.807, 2.05) is 0 Å². The van der Waals surface area contributed by atoms with E-state index in [1.165, 1.54) is 6.92 Å². The molecule has 1 aliphatic rings. The number of imide groups is 1. The van der Waals surface area contributed by atoms with Crippen LogP contribution in [-0.4, -0.2) is 42.0 Å². The van der Waals surface area contributed by atoms with Gasteiger partial charge in [0, 0.05) is 13.1 Å². The van der Waals surface area contributed by atoms with E-state index in [9.17, 15) is 23.2 Å². The lowest BCUT2D eigenvalue weighted by atomic mass is 10.2. The van der Waals surface area contributed by atoms with Crippen molar-refractivity contribution in [2.24, 2.45) is 0 Å². The molecule has 1 saturated heterocycles. The highest BCUT2D eigenvalue weighted by Gasteiger charge is 2.32. The number of hydrogen-bond acceptors (Lipinski definition) is 4. The maximum absolute atomic E-state index is 13.4. The maximum atomic E-state index is 13.4. The van der Waals surface area contributed by atoms with Gasteiger partial charge in [-0.1, -0.05) is 6.07 Å². The summed E-state index contributed by atoms with van der Waals surface area (Å²) in [6.07, 6.45) is -1.33. The van der Waals surface area contributed by atoms with Crippen molar-refractivity contribution in [3.63, 3.8) is 0 Å². The van der Waals surface area contributed by atoms with Crippen molar-refractivity contribution in [3.05, 3.63) is 35.4 Å². The molecule has 1 aromatic rings. The summed E-state index contributed by atoms with van der Waals surface area (Å²) in [6.45, 7) is 1.67. The van der Waals surface area contributed by atoms with Gasteiger partial charge in [0.2, 0.25) is 0 Å². The minimum atomic E-state index is -1.33. The van der Waals surface area contributed by atoms with E-state index in [0.29, 0.717) is 6.54 Å². The molecule has 6 nitrogen and oxygen atoms in total. The highest BCUT2D eigenvalue weighted by molar-refractivity contribution is 5.99. The van der Waals surface area contributed by atoms with Crippen LogP contribution in [0.4, 0.5) is 13.6 Å². The van der Waals surface area contributed by atoms with Gasteiger partial charge in [0.1, 0.15) is 17.2 Å². The predicted molar refractivity (Wildman–Crippen MR) is 66.3 cm³/mol. The zero-order chi connectivity index (χ0) is 15.6. The second kappa shape index (κ2) is 5.86. The normalized spacial score (nSPS) is 15.6. The Balaban J connectivity index is 2.09. The molecule has 1 aliphatic heterocycles. The van der Waals surface area contributed by atoms with Crippen LogP contribution in [0.3, 0.4) is 0 Å². The summed E-state index contributed by atoms with van der Waals surface area (Å²) in [7, 11) is 0. The molecule has 1 N–H and O–H groups in total. The summed E-state index contributed by atoms with van der Waals surface area (Å²) in [6, 6.07) is 2.31. The maximum Gasteiger partial charge on any atom is 0.344 e. The number of carbonyl (C=O) groups excluding carboxylic acids is 3. The van der Waals surface area contributed by atoms with Gasteiger partial charge in [-0.25, -0.2) is 18.4 Å². The predicted octanol–water partition coefficient (Wildman–Crippen LogP) is 1.06. The molecule has 0 bridgehead atoms. The molecule has 1 fully saturated rings. The van der Waals surface area contributed by atoms with Crippen LogP contribution in [-0.2, 0) is 9.53 Å². The van der Waals surface area contributed by atoms with Crippen molar-refractivity contribution in [1.29, 1.82) is 0 Å². The summed E-state index contributed by atoms with van der Waals surface area (Å²) in [5, 5.41) is 2.41. The Bertz CT molecular complexity index is 586. The van der Waals surface area contributed by atoms with Crippen LogP contribution >= 0.6 is 0 Å². The molecule has 21 heavy (non-hydrogen) atoms. The number of hydrogen-bond donors (Lipinski definition) is 1. The summed E-state index contributed by atoms with van der Waals surface area (Å²) in [4.78, 5) is 35.8. The highest BCUT2D eigenvalue weighted by atomic mass is 19.1. The first kappa shape index (κ1) is 14.9. The molecule has 8 heteroatoms. The zero-order valence-corrected chi connectivity index (χ0v) is 11.1. The summed E-state index contributed by atoms with van der Waals surface area (Å²) >= 11 is 0. The second-order valence-electron chi connectivity index (χ2n) is 4.37. The van der Waals surface area contributed by atoms with Gasteiger partial charge in [-0.2, -0.15) is 0 Å². The molecule has 112 valence electrons. The molecular formula is C13H12F2N2O4. The fourth-order valence-corrected chi connectivity index (χ4v) is 1.86. The Labute approximate surface area is 118 Å². The minimum absolute atomic E-state index is 0.146. The zero-order valence-electron chi connectivity index (χ0n) is 11.1. The number of carbonyl (C=O) groups is 3. The molecule has 0 spiro atoms. The molecule has 0 radical (unpaired) electrons. The molecule has 2 rings (SSSR count). The van der Waals surface area contributed by atoms with Gasteiger partial charge in [-0.05, 0) is 19.1 Å². The summed E-state index contributed by atoms with van der Waals surface area (Å²) in [5.74, 6) is -4.22. The van der Waals surface area contributed by atoms with Crippen LogP contribution in [0.25, 0.3) is 0 Å².